The molecule has 2 aromatic carbocycles. The molecule has 0 amide bonds. The third kappa shape index (κ3) is 3.52. The molecule has 11 heteroatoms. The van der Waals surface area contributed by atoms with E-state index < -0.39 is 17.1 Å². The zero-order valence-corrected chi connectivity index (χ0v) is 19.0. The average molecular weight is 481 g/mol. The molecule has 0 saturated carbocycles. The molecule has 0 unspecified atom stereocenters. The topological polar surface area (TPSA) is 94.5 Å². The van der Waals surface area contributed by atoms with E-state index in [0.29, 0.717) is 21.9 Å². The van der Waals surface area contributed by atoms with Gasteiger partial charge in [-0.15, -0.1) is 0 Å². The number of hydrogen-bond donors (Lipinski definition) is 0. The van der Waals surface area contributed by atoms with Gasteiger partial charge in [-0.25, -0.2) is 14.2 Å². The van der Waals surface area contributed by atoms with Gasteiger partial charge in [0.25, 0.3) is 5.56 Å². The van der Waals surface area contributed by atoms with Crippen molar-refractivity contribution in [3.63, 3.8) is 0 Å². The Kier molecular flexibility index (Phi) is 5.17. The van der Waals surface area contributed by atoms with Crippen molar-refractivity contribution >= 4 is 40.2 Å². The van der Waals surface area contributed by atoms with Crippen molar-refractivity contribution in [3.8, 4) is 0 Å². The maximum atomic E-state index is 13.5. The number of anilines is 1. The first-order valence-electron chi connectivity index (χ1n) is 10.3. The fraction of sp³-hybridized carbons (Fsp3) is 0.174. The van der Waals surface area contributed by atoms with E-state index in [4.69, 9.17) is 11.6 Å². The molecule has 0 atom stereocenters. The predicted octanol–water partition coefficient (Wildman–Crippen LogP) is 2.33. The number of hydrogen-bond acceptors (Lipinski definition) is 6. The van der Waals surface area contributed by atoms with Crippen molar-refractivity contribution < 1.29 is 9.18 Å². The monoisotopic (exact) mass is 480 g/mol. The number of halogens is 2. The van der Waals surface area contributed by atoms with Crippen molar-refractivity contribution in [3.05, 3.63) is 91.3 Å². The maximum absolute atomic E-state index is 13.5. The zero-order chi connectivity index (χ0) is 24.1. The molecule has 4 aromatic rings. The SMILES string of the molecule is Cn1c(=O)c2c(nc3n2CC(c2ccc(F)cc2)=NN3CC(=O)c2ccc(Cl)cc2)n(C)c1=O. The van der Waals surface area contributed by atoms with Crippen LogP contribution in [0, 0.1) is 5.82 Å². The van der Waals surface area contributed by atoms with Crippen molar-refractivity contribution in [2.75, 3.05) is 11.6 Å². The first-order chi connectivity index (χ1) is 16.2. The summed E-state index contributed by atoms with van der Waals surface area (Å²) in [6, 6.07) is 12.2. The van der Waals surface area contributed by atoms with Crippen LogP contribution in [0.25, 0.3) is 11.2 Å². The number of carbonyl (C=O) groups is 1. The summed E-state index contributed by atoms with van der Waals surface area (Å²) in [6.07, 6.45) is 0. The molecule has 34 heavy (non-hydrogen) atoms. The summed E-state index contributed by atoms with van der Waals surface area (Å²) in [4.78, 5) is 43.0. The van der Waals surface area contributed by atoms with Gasteiger partial charge in [0.2, 0.25) is 5.95 Å². The van der Waals surface area contributed by atoms with Gasteiger partial charge in [-0.05, 0) is 42.0 Å². The highest BCUT2D eigenvalue weighted by molar-refractivity contribution is 6.30. The van der Waals surface area contributed by atoms with Crippen molar-refractivity contribution in [1.82, 2.24) is 18.7 Å². The van der Waals surface area contributed by atoms with Gasteiger partial charge < -0.3 is 0 Å². The third-order valence-corrected chi connectivity index (χ3v) is 6.00. The lowest BCUT2D eigenvalue weighted by atomic mass is 10.1. The summed E-state index contributed by atoms with van der Waals surface area (Å²) in [5.74, 6) is -0.393. The number of aryl methyl sites for hydroxylation is 1. The van der Waals surface area contributed by atoms with Crippen molar-refractivity contribution in [1.29, 1.82) is 0 Å². The van der Waals surface area contributed by atoms with Crippen molar-refractivity contribution in [2.45, 2.75) is 6.54 Å². The second-order valence-electron chi connectivity index (χ2n) is 7.92. The van der Waals surface area contributed by atoms with E-state index in [1.807, 2.05) is 0 Å². The lowest BCUT2D eigenvalue weighted by Crippen LogP contribution is -2.38. The van der Waals surface area contributed by atoms with E-state index in [1.165, 1.54) is 35.8 Å². The first-order valence-corrected chi connectivity index (χ1v) is 10.7. The minimum Gasteiger partial charge on any atom is -0.297 e. The Bertz CT molecular complexity index is 1600. The van der Waals surface area contributed by atoms with Crippen LogP contribution in [0.1, 0.15) is 15.9 Å². The fourth-order valence-electron chi connectivity index (χ4n) is 3.91. The average Bonchev–Trinajstić information content (AvgIpc) is 3.22. The molecule has 9 nitrogen and oxygen atoms in total. The second-order valence-corrected chi connectivity index (χ2v) is 8.35. The fourth-order valence-corrected chi connectivity index (χ4v) is 4.04. The summed E-state index contributed by atoms with van der Waals surface area (Å²) >= 11 is 5.93. The summed E-state index contributed by atoms with van der Waals surface area (Å²) in [5, 5.41) is 6.50. The van der Waals surface area contributed by atoms with Crippen LogP contribution in [0.4, 0.5) is 10.3 Å². The predicted molar refractivity (Wildman–Crippen MR) is 126 cm³/mol. The molecule has 0 saturated heterocycles. The maximum Gasteiger partial charge on any atom is 0.332 e. The highest BCUT2D eigenvalue weighted by Crippen LogP contribution is 2.26. The Labute approximate surface area is 196 Å². The van der Waals surface area contributed by atoms with E-state index >= 15 is 0 Å². The molecule has 0 aliphatic carbocycles. The molecule has 1 aliphatic heterocycles. The van der Waals surface area contributed by atoms with Crippen LogP contribution >= 0.6 is 11.6 Å². The second kappa shape index (κ2) is 8.07. The van der Waals surface area contributed by atoms with Crippen LogP contribution in [0.2, 0.25) is 5.02 Å². The quantitative estimate of drug-likeness (QED) is 0.418. The molecule has 0 bridgehead atoms. The van der Waals surface area contributed by atoms with Crippen LogP contribution in [-0.2, 0) is 20.6 Å². The molecule has 0 fully saturated rings. The molecule has 0 spiro atoms. The van der Waals surface area contributed by atoms with E-state index in [1.54, 1.807) is 41.0 Å². The van der Waals surface area contributed by atoms with Gasteiger partial charge in [0, 0.05) is 24.7 Å². The lowest BCUT2D eigenvalue weighted by Gasteiger charge is -2.25. The van der Waals surface area contributed by atoms with Gasteiger partial charge in [0.1, 0.15) is 12.4 Å². The van der Waals surface area contributed by atoms with E-state index in [0.717, 1.165) is 4.57 Å². The number of Topliss-reactive ketones (excluding diaryl/α,β-unsaturated/α-hetero) is 1. The normalized spacial score (nSPS) is 13.2. The number of benzene rings is 2. The van der Waals surface area contributed by atoms with Crippen LogP contribution in [0.5, 0.6) is 0 Å². The van der Waals surface area contributed by atoms with Gasteiger partial charge in [0.05, 0.1) is 12.3 Å². The Morgan fingerprint density at radius 2 is 1.71 bits per heavy atom. The standard InChI is InChI=1S/C23H18ClFN6O3/c1-28-20-19(21(33)29(2)23(28)34)30-11-17(13-5-9-16(25)10-6-13)27-31(22(30)26-20)12-18(32)14-3-7-15(24)8-4-14/h3-10H,11-12H2,1-2H3. The van der Waals surface area contributed by atoms with E-state index in [9.17, 15) is 18.8 Å². The minimum absolute atomic E-state index is 0.149. The van der Waals surface area contributed by atoms with Crippen LogP contribution in [0.3, 0.4) is 0 Å². The number of aromatic nitrogens is 4. The molecule has 2 aromatic heterocycles. The number of hydrazone groups is 1. The van der Waals surface area contributed by atoms with Crippen LogP contribution in [0.15, 0.2) is 63.2 Å². The minimum atomic E-state index is -0.517. The summed E-state index contributed by atoms with van der Waals surface area (Å²) in [7, 11) is 2.91. The number of nitrogens with zero attached hydrogens (tertiary/aromatic N) is 6. The van der Waals surface area contributed by atoms with Gasteiger partial charge >= 0.3 is 5.69 Å². The molecule has 0 N–H and O–H groups in total. The summed E-state index contributed by atoms with van der Waals surface area (Å²) < 4.78 is 17.4. The summed E-state index contributed by atoms with van der Waals surface area (Å²) in [5.41, 5.74) is 0.920. The first kappa shape index (κ1) is 21.8. The van der Waals surface area contributed by atoms with E-state index in [-0.39, 0.29) is 36.0 Å². The van der Waals surface area contributed by atoms with Crippen molar-refractivity contribution in [2.24, 2.45) is 19.2 Å². The molecular weight excluding hydrogens is 463 g/mol. The molecule has 172 valence electrons. The smallest absolute Gasteiger partial charge is 0.297 e. The van der Waals surface area contributed by atoms with E-state index in [2.05, 4.69) is 10.1 Å². The van der Waals surface area contributed by atoms with Gasteiger partial charge in [-0.3, -0.25) is 23.3 Å². The Hall–Kier alpha value is -4.05. The number of fused-ring (bicyclic) bond motifs is 3. The highest BCUT2D eigenvalue weighted by atomic mass is 35.5. The van der Waals surface area contributed by atoms with Gasteiger partial charge in [-0.1, -0.05) is 23.7 Å². The number of ketones is 1. The van der Waals surface area contributed by atoms with Gasteiger partial charge in [0.15, 0.2) is 16.9 Å². The number of rotatable bonds is 4. The molecule has 5 rings (SSSR count). The molecule has 0 radical (unpaired) electrons. The Morgan fingerprint density at radius 1 is 1.03 bits per heavy atom. The largest absolute Gasteiger partial charge is 0.332 e. The zero-order valence-electron chi connectivity index (χ0n) is 18.2. The molecule has 3 heterocycles. The number of carbonyl (C=O) groups excluding carboxylic acids is 1. The molecular formula is C23H18ClFN6O3. The third-order valence-electron chi connectivity index (χ3n) is 5.75. The van der Waals surface area contributed by atoms with Crippen LogP contribution in [-0.4, -0.2) is 36.7 Å². The summed E-state index contributed by atoms with van der Waals surface area (Å²) in [6.45, 7) is -0.0273. The number of imidazole rings is 1. The highest BCUT2D eigenvalue weighted by Gasteiger charge is 2.29. The molecule has 1 aliphatic rings. The van der Waals surface area contributed by atoms with Gasteiger partial charge in [-0.2, -0.15) is 10.1 Å². The van der Waals surface area contributed by atoms with Crippen LogP contribution < -0.4 is 16.3 Å². The Balaban J connectivity index is 1.67. The lowest BCUT2D eigenvalue weighted by molar-refractivity contribution is 0.0998. The Morgan fingerprint density at radius 3 is 2.38 bits per heavy atom.